The van der Waals surface area contributed by atoms with Gasteiger partial charge in [0.25, 0.3) is 6.43 Å². The first-order valence-corrected chi connectivity index (χ1v) is 5.27. The summed E-state index contributed by atoms with van der Waals surface area (Å²) in [6.45, 7) is 1.46. The van der Waals surface area contributed by atoms with E-state index in [1.807, 2.05) is 0 Å². The maximum absolute atomic E-state index is 13.0. The maximum Gasteiger partial charge on any atom is 0.342 e. The molecule has 1 rings (SSSR count). The van der Waals surface area contributed by atoms with Crippen LogP contribution in [-0.2, 0) is 11.3 Å². The molecule has 1 heterocycles. The molecule has 0 aliphatic carbocycles. The van der Waals surface area contributed by atoms with Crippen molar-refractivity contribution in [2.24, 2.45) is 5.73 Å². The number of alkyl halides is 2. The van der Waals surface area contributed by atoms with Gasteiger partial charge in [-0.05, 0) is 6.92 Å². The molecule has 0 saturated carbocycles. The number of ether oxygens (including phenoxy) is 2. The normalized spacial score (nSPS) is 10.6. The highest BCUT2D eigenvalue weighted by Crippen LogP contribution is 2.32. The number of carbonyl (C=O) groups excluding carboxylic acids is 1. The van der Waals surface area contributed by atoms with E-state index in [1.54, 1.807) is 6.92 Å². The van der Waals surface area contributed by atoms with Crippen LogP contribution < -0.4 is 10.5 Å². The number of hydrogen-bond acceptors (Lipinski definition) is 5. The number of halogens is 2. The molecular weight excluding hydrogens is 246 g/mol. The highest BCUT2D eigenvalue weighted by atomic mass is 19.3. The van der Waals surface area contributed by atoms with Crippen molar-refractivity contribution in [3.8, 4) is 5.75 Å². The van der Waals surface area contributed by atoms with Crippen molar-refractivity contribution in [2.75, 3.05) is 13.7 Å². The topological polar surface area (TPSA) is 74.4 Å². The summed E-state index contributed by atoms with van der Waals surface area (Å²) in [5, 5.41) is 0. The number of nitrogens with two attached hydrogens (primary N) is 1. The third-order valence-corrected chi connectivity index (χ3v) is 2.28. The Labute approximate surface area is 103 Å². The monoisotopic (exact) mass is 260 g/mol. The highest BCUT2D eigenvalue weighted by Gasteiger charge is 2.27. The van der Waals surface area contributed by atoms with Crippen LogP contribution >= 0.6 is 0 Å². The van der Waals surface area contributed by atoms with Crippen LogP contribution in [0.5, 0.6) is 5.75 Å². The van der Waals surface area contributed by atoms with E-state index < -0.39 is 18.0 Å². The van der Waals surface area contributed by atoms with E-state index in [2.05, 4.69) is 4.98 Å². The van der Waals surface area contributed by atoms with Crippen molar-refractivity contribution in [3.05, 3.63) is 23.0 Å². The lowest BCUT2D eigenvalue weighted by atomic mass is 10.1. The van der Waals surface area contributed by atoms with E-state index in [-0.39, 0.29) is 30.2 Å². The molecule has 18 heavy (non-hydrogen) atoms. The van der Waals surface area contributed by atoms with Crippen molar-refractivity contribution in [1.82, 2.24) is 4.98 Å². The number of rotatable bonds is 5. The Hall–Kier alpha value is -1.76. The first kappa shape index (κ1) is 14.3. The molecule has 0 spiro atoms. The lowest BCUT2D eigenvalue weighted by Crippen LogP contribution is -2.15. The predicted molar refractivity (Wildman–Crippen MR) is 59.6 cm³/mol. The Balaban J connectivity index is 3.45. The summed E-state index contributed by atoms with van der Waals surface area (Å²) < 4.78 is 35.7. The second-order valence-electron chi connectivity index (χ2n) is 3.29. The van der Waals surface area contributed by atoms with Gasteiger partial charge >= 0.3 is 5.97 Å². The molecule has 0 aliphatic heterocycles. The lowest BCUT2D eigenvalue weighted by molar-refractivity contribution is 0.0510. The van der Waals surface area contributed by atoms with Crippen molar-refractivity contribution >= 4 is 5.97 Å². The zero-order chi connectivity index (χ0) is 13.7. The molecule has 1 aromatic heterocycles. The van der Waals surface area contributed by atoms with E-state index in [0.717, 1.165) is 0 Å². The molecule has 0 amide bonds. The molecule has 0 aliphatic rings. The Kier molecular flexibility index (Phi) is 4.96. The summed E-state index contributed by atoms with van der Waals surface area (Å²) in [4.78, 5) is 15.5. The summed E-state index contributed by atoms with van der Waals surface area (Å²) in [6.07, 6.45) is -1.70. The molecule has 0 aromatic carbocycles. The van der Waals surface area contributed by atoms with E-state index in [1.165, 1.54) is 13.3 Å². The van der Waals surface area contributed by atoms with E-state index in [0.29, 0.717) is 0 Å². The number of nitrogens with zero attached hydrogens (tertiary/aromatic N) is 1. The minimum atomic E-state index is -2.88. The van der Waals surface area contributed by atoms with Crippen LogP contribution in [0.1, 0.15) is 35.0 Å². The fourth-order valence-electron chi connectivity index (χ4n) is 1.51. The Bertz CT molecular complexity index is 439. The first-order chi connectivity index (χ1) is 8.56. The molecular formula is C11H14F2N2O3. The Morgan fingerprint density at radius 3 is 2.67 bits per heavy atom. The summed E-state index contributed by atoms with van der Waals surface area (Å²) in [5.74, 6) is -0.928. The Morgan fingerprint density at radius 2 is 2.22 bits per heavy atom. The number of pyridine rings is 1. The smallest absolute Gasteiger partial charge is 0.342 e. The third kappa shape index (κ3) is 2.73. The van der Waals surface area contributed by atoms with E-state index in [4.69, 9.17) is 15.2 Å². The zero-order valence-electron chi connectivity index (χ0n) is 10.1. The van der Waals surface area contributed by atoms with Crippen molar-refractivity contribution in [1.29, 1.82) is 0 Å². The number of esters is 1. The summed E-state index contributed by atoms with van der Waals surface area (Å²) in [7, 11) is 1.26. The SMILES string of the molecule is CCOC(=O)c1c(OC)cnc(CN)c1C(F)F. The molecule has 0 bridgehead atoms. The number of aromatic nitrogens is 1. The second kappa shape index (κ2) is 6.25. The third-order valence-electron chi connectivity index (χ3n) is 2.28. The van der Waals surface area contributed by atoms with Crippen LogP contribution in [0.4, 0.5) is 8.78 Å². The van der Waals surface area contributed by atoms with Gasteiger partial charge in [0.2, 0.25) is 0 Å². The van der Waals surface area contributed by atoms with Crippen LogP contribution in [0.25, 0.3) is 0 Å². The van der Waals surface area contributed by atoms with Gasteiger partial charge in [-0.2, -0.15) is 0 Å². The Morgan fingerprint density at radius 1 is 1.56 bits per heavy atom. The summed E-state index contributed by atoms with van der Waals surface area (Å²) >= 11 is 0. The van der Waals surface area contributed by atoms with Crippen LogP contribution in [0.3, 0.4) is 0 Å². The molecule has 5 nitrogen and oxygen atoms in total. The number of carbonyl (C=O) groups is 1. The van der Waals surface area contributed by atoms with Crippen LogP contribution in [-0.4, -0.2) is 24.7 Å². The maximum atomic E-state index is 13.0. The molecule has 0 saturated heterocycles. The minimum absolute atomic E-state index is 0.0474. The molecule has 0 fully saturated rings. The van der Waals surface area contributed by atoms with Gasteiger partial charge in [0.15, 0.2) is 5.75 Å². The molecule has 0 unspecified atom stereocenters. The average Bonchev–Trinajstić information content (AvgIpc) is 2.36. The molecule has 1 aromatic rings. The van der Waals surface area contributed by atoms with Crippen LogP contribution in [0, 0.1) is 0 Å². The minimum Gasteiger partial charge on any atom is -0.494 e. The molecule has 2 N–H and O–H groups in total. The quantitative estimate of drug-likeness (QED) is 0.815. The van der Waals surface area contributed by atoms with Gasteiger partial charge in [-0.3, -0.25) is 4.98 Å². The van der Waals surface area contributed by atoms with Crippen molar-refractivity contribution in [3.63, 3.8) is 0 Å². The summed E-state index contributed by atoms with van der Waals surface area (Å²) in [5.41, 5.74) is 4.44. The zero-order valence-corrected chi connectivity index (χ0v) is 10.1. The fraction of sp³-hybridized carbons (Fsp3) is 0.455. The van der Waals surface area contributed by atoms with Gasteiger partial charge in [-0.15, -0.1) is 0 Å². The van der Waals surface area contributed by atoms with Crippen molar-refractivity contribution < 1.29 is 23.0 Å². The average molecular weight is 260 g/mol. The lowest BCUT2D eigenvalue weighted by Gasteiger charge is -2.14. The first-order valence-electron chi connectivity index (χ1n) is 5.27. The second-order valence-corrected chi connectivity index (χ2v) is 3.29. The van der Waals surface area contributed by atoms with Gasteiger partial charge in [0, 0.05) is 6.54 Å². The van der Waals surface area contributed by atoms with E-state index in [9.17, 15) is 13.6 Å². The van der Waals surface area contributed by atoms with Gasteiger partial charge in [0.1, 0.15) is 5.56 Å². The van der Waals surface area contributed by atoms with Gasteiger partial charge < -0.3 is 15.2 Å². The number of methoxy groups -OCH3 is 1. The largest absolute Gasteiger partial charge is 0.494 e. The molecule has 100 valence electrons. The van der Waals surface area contributed by atoms with Crippen LogP contribution in [0.15, 0.2) is 6.20 Å². The number of hydrogen-bond donors (Lipinski definition) is 1. The predicted octanol–water partition coefficient (Wildman–Crippen LogP) is 1.66. The molecule has 7 heteroatoms. The highest BCUT2D eigenvalue weighted by molar-refractivity contribution is 5.94. The van der Waals surface area contributed by atoms with Gasteiger partial charge in [-0.1, -0.05) is 0 Å². The van der Waals surface area contributed by atoms with E-state index >= 15 is 0 Å². The summed E-state index contributed by atoms with van der Waals surface area (Å²) in [6, 6.07) is 0. The fourth-order valence-corrected chi connectivity index (χ4v) is 1.51. The van der Waals surface area contributed by atoms with Gasteiger partial charge in [0.05, 0.1) is 31.2 Å². The standard InChI is InChI=1S/C11H14F2N2O3/c1-3-18-11(16)9-7(17-2)5-15-6(4-14)8(9)10(12)13/h5,10H,3-4,14H2,1-2H3. The van der Waals surface area contributed by atoms with Crippen LogP contribution in [0.2, 0.25) is 0 Å². The van der Waals surface area contributed by atoms with Crippen molar-refractivity contribution in [2.45, 2.75) is 19.9 Å². The van der Waals surface area contributed by atoms with Gasteiger partial charge in [-0.25, -0.2) is 13.6 Å². The molecule has 0 atom stereocenters. The molecule has 0 radical (unpaired) electrons.